The van der Waals surface area contributed by atoms with Crippen molar-refractivity contribution < 1.29 is 17.9 Å². The zero-order valence-corrected chi connectivity index (χ0v) is 12.2. The molecule has 20 heavy (non-hydrogen) atoms. The van der Waals surface area contributed by atoms with Crippen molar-refractivity contribution in [1.29, 1.82) is 0 Å². The summed E-state index contributed by atoms with van der Waals surface area (Å²) in [6.45, 7) is 0. The van der Waals surface area contributed by atoms with Crippen molar-refractivity contribution in [1.82, 2.24) is 0 Å². The molecule has 2 aromatic carbocycles. The molecule has 0 amide bonds. The van der Waals surface area contributed by atoms with Gasteiger partial charge in [-0.05, 0) is 52.3 Å². The van der Waals surface area contributed by atoms with Crippen LogP contribution in [0.15, 0.2) is 40.9 Å². The van der Waals surface area contributed by atoms with Gasteiger partial charge >= 0.3 is 6.18 Å². The fourth-order valence-electron chi connectivity index (χ4n) is 1.53. The maximum atomic E-state index is 12.7. The summed E-state index contributed by atoms with van der Waals surface area (Å²) < 4.78 is 44.1. The van der Waals surface area contributed by atoms with Crippen LogP contribution in [0.3, 0.4) is 0 Å². The summed E-state index contributed by atoms with van der Waals surface area (Å²) in [6, 6.07) is 8.09. The van der Waals surface area contributed by atoms with Crippen molar-refractivity contribution in [3.8, 4) is 11.5 Å². The number of rotatable bonds is 2. The minimum atomic E-state index is -4.53. The second kappa shape index (κ2) is 5.54. The van der Waals surface area contributed by atoms with Gasteiger partial charge < -0.3 is 10.5 Å². The molecule has 0 unspecified atom stereocenters. The molecule has 106 valence electrons. The van der Waals surface area contributed by atoms with E-state index in [0.29, 0.717) is 15.2 Å². The topological polar surface area (TPSA) is 35.2 Å². The van der Waals surface area contributed by atoms with Gasteiger partial charge in [0.1, 0.15) is 11.5 Å². The highest BCUT2D eigenvalue weighted by atomic mass is 79.9. The molecule has 2 aromatic rings. The molecule has 0 spiro atoms. The van der Waals surface area contributed by atoms with Gasteiger partial charge in [0.15, 0.2) is 0 Å². The van der Waals surface area contributed by atoms with E-state index in [-0.39, 0.29) is 11.4 Å². The fourth-order valence-corrected chi connectivity index (χ4v) is 2.29. The van der Waals surface area contributed by atoms with E-state index >= 15 is 0 Å². The lowest BCUT2D eigenvalue weighted by Crippen LogP contribution is -2.08. The number of hydrogen-bond donors (Lipinski definition) is 1. The van der Waals surface area contributed by atoms with Crippen LogP contribution in [0.1, 0.15) is 5.56 Å². The molecule has 0 aromatic heterocycles. The van der Waals surface area contributed by atoms with Crippen LogP contribution < -0.4 is 10.5 Å². The van der Waals surface area contributed by atoms with Gasteiger partial charge in [-0.3, -0.25) is 0 Å². The second-order valence-electron chi connectivity index (χ2n) is 3.92. The summed E-state index contributed by atoms with van der Waals surface area (Å²) in [4.78, 5) is 0. The van der Waals surface area contributed by atoms with E-state index in [1.807, 2.05) is 0 Å². The van der Waals surface area contributed by atoms with Gasteiger partial charge in [-0.2, -0.15) is 13.2 Å². The second-order valence-corrected chi connectivity index (χ2v) is 5.21. The van der Waals surface area contributed by atoms with Crippen molar-refractivity contribution in [2.24, 2.45) is 0 Å². The van der Waals surface area contributed by atoms with Gasteiger partial charge in [0.2, 0.25) is 0 Å². The molecular formula is C13H8BrClF3NO. The highest BCUT2D eigenvalue weighted by Crippen LogP contribution is 2.38. The van der Waals surface area contributed by atoms with Crippen molar-refractivity contribution in [3.63, 3.8) is 0 Å². The normalized spacial score (nSPS) is 11.4. The summed E-state index contributed by atoms with van der Waals surface area (Å²) in [7, 11) is 0. The molecular weight excluding hydrogens is 358 g/mol. The lowest BCUT2D eigenvalue weighted by Gasteiger charge is -2.13. The Balaban J connectivity index is 2.35. The zero-order chi connectivity index (χ0) is 14.9. The molecule has 7 heteroatoms. The molecule has 0 bridgehead atoms. The smallest absolute Gasteiger partial charge is 0.418 e. The first-order chi connectivity index (χ1) is 9.27. The summed E-state index contributed by atoms with van der Waals surface area (Å²) in [6.07, 6.45) is -4.53. The average Bonchev–Trinajstić information content (AvgIpc) is 2.33. The van der Waals surface area contributed by atoms with Gasteiger partial charge in [-0.15, -0.1) is 0 Å². The van der Waals surface area contributed by atoms with Crippen molar-refractivity contribution in [2.45, 2.75) is 6.18 Å². The van der Waals surface area contributed by atoms with Crippen LogP contribution in [-0.2, 0) is 6.18 Å². The quantitative estimate of drug-likeness (QED) is 0.713. The van der Waals surface area contributed by atoms with E-state index in [0.717, 1.165) is 12.1 Å². The Morgan fingerprint density at radius 3 is 2.40 bits per heavy atom. The van der Waals surface area contributed by atoms with Crippen molar-refractivity contribution in [3.05, 3.63) is 51.5 Å². The van der Waals surface area contributed by atoms with Crippen molar-refractivity contribution >= 4 is 33.2 Å². The summed E-state index contributed by atoms with van der Waals surface area (Å²) in [5.74, 6) is 0.391. The Labute approximate surface area is 126 Å². The largest absolute Gasteiger partial charge is 0.456 e. The molecule has 0 saturated heterocycles. The summed E-state index contributed by atoms with van der Waals surface area (Å²) >= 11 is 9.00. The molecule has 0 atom stereocenters. The predicted molar refractivity (Wildman–Crippen MR) is 75.1 cm³/mol. The van der Waals surface area contributed by atoms with Crippen molar-refractivity contribution in [2.75, 3.05) is 5.73 Å². The third kappa shape index (κ3) is 3.37. The molecule has 0 saturated carbocycles. The van der Waals surface area contributed by atoms with Crippen LogP contribution in [0.2, 0.25) is 5.02 Å². The molecule has 0 fully saturated rings. The van der Waals surface area contributed by atoms with Gasteiger partial charge in [-0.25, -0.2) is 0 Å². The average molecular weight is 367 g/mol. The molecule has 0 heterocycles. The number of nitrogens with two attached hydrogens (primary N) is 1. The molecule has 2 rings (SSSR count). The first kappa shape index (κ1) is 15.0. The Kier molecular flexibility index (Phi) is 4.15. The lowest BCUT2D eigenvalue weighted by atomic mass is 10.1. The number of ether oxygens (including phenoxy) is 1. The summed E-state index contributed by atoms with van der Waals surface area (Å²) in [5.41, 5.74) is 4.04. The van der Waals surface area contributed by atoms with Crippen LogP contribution in [0, 0.1) is 0 Å². The Morgan fingerprint density at radius 1 is 1.10 bits per heavy atom. The molecule has 0 aliphatic carbocycles. The van der Waals surface area contributed by atoms with Crippen LogP contribution in [0.4, 0.5) is 18.9 Å². The van der Waals surface area contributed by atoms with Gasteiger partial charge in [0.25, 0.3) is 0 Å². The standard InChI is InChI=1S/C13H8BrClF3NO/c14-10-5-7(15)1-4-12(10)20-8-2-3-11(19)9(6-8)13(16,17)18/h1-6H,19H2. The summed E-state index contributed by atoms with van der Waals surface area (Å²) in [5, 5.41) is 0.484. The maximum Gasteiger partial charge on any atom is 0.418 e. The molecule has 0 radical (unpaired) electrons. The van der Waals surface area contributed by atoms with Gasteiger partial charge in [-0.1, -0.05) is 11.6 Å². The Morgan fingerprint density at radius 2 is 1.80 bits per heavy atom. The predicted octanol–water partition coefficient (Wildman–Crippen LogP) is 5.50. The van der Waals surface area contributed by atoms with E-state index in [9.17, 15) is 13.2 Å². The highest BCUT2D eigenvalue weighted by molar-refractivity contribution is 9.10. The van der Waals surface area contributed by atoms with Crippen LogP contribution in [0.5, 0.6) is 11.5 Å². The molecule has 0 aliphatic heterocycles. The monoisotopic (exact) mass is 365 g/mol. The molecule has 2 N–H and O–H groups in total. The first-order valence-corrected chi connectivity index (χ1v) is 6.54. The van der Waals surface area contributed by atoms with E-state index in [1.54, 1.807) is 18.2 Å². The van der Waals surface area contributed by atoms with Crippen LogP contribution >= 0.6 is 27.5 Å². The van der Waals surface area contributed by atoms with E-state index in [4.69, 9.17) is 22.1 Å². The number of hydrogen-bond acceptors (Lipinski definition) is 2. The maximum absolute atomic E-state index is 12.7. The minimum Gasteiger partial charge on any atom is -0.456 e. The van der Waals surface area contributed by atoms with E-state index < -0.39 is 11.7 Å². The zero-order valence-electron chi connectivity index (χ0n) is 9.84. The number of anilines is 1. The van der Waals surface area contributed by atoms with Crippen LogP contribution in [0.25, 0.3) is 0 Å². The van der Waals surface area contributed by atoms with E-state index in [1.165, 1.54) is 6.07 Å². The van der Waals surface area contributed by atoms with Gasteiger partial charge in [0.05, 0.1) is 10.0 Å². The Bertz CT molecular complexity index is 646. The SMILES string of the molecule is Nc1ccc(Oc2ccc(Cl)cc2Br)cc1C(F)(F)F. The van der Waals surface area contributed by atoms with Crippen LogP contribution in [-0.4, -0.2) is 0 Å². The number of benzene rings is 2. The number of alkyl halides is 3. The minimum absolute atomic E-state index is 0.0366. The van der Waals surface area contributed by atoms with E-state index in [2.05, 4.69) is 15.9 Å². The fraction of sp³-hybridized carbons (Fsp3) is 0.0769. The third-order valence-electron chi connectivity index (χ3n) is 2.45. The molecule has 2 nitrogen and oxygen atoms in total. The number of halogens is 5. The highest BCUT2D eigenvalue weighted by Gasteiger charge is 2.33. The number of nitrogen functional groups attached to an aromatic ring is 1. The lowest BCUT2D eigenvalue weighted by molar-refractivity contribution is -0.137. The Hall–Kier alpha value is -1.40. The first-order valence-electron chi connectivity index (χ1n) is 5.37. The molecule has 0 aliphatic rings. The third-order valence-corrected chi connectivity index (χ3v) is 3.31. The van der Waals surface area contributed by atoms with Gasteiger partial charge in [0, 0.05) is 10.7 Å².